The van der Waals surface area contributed by atoms with Crippen molar-refractivity contribution in [2.45, 2.75) is 0 Å². The van der Waals surface area contributed by atoms with Crippen molar-refractivity contribution >= 4 is 27.8 Å². The molecule has 0 N–H and O–H groups in total. The first-order chi connectivity index (χ1) is 29.2. The van der Waals surface area contributed by atoms with Gasteiger partial charge in [0.15, 0.2) is 0 Å². The van der Waals surface area contributed by atoms with Crippen LogP contribution in [0.25, 0.3) is 77.5 Å². The summed E-state index contributed by atoms with van der Waals surface area (Å²) in [7, 11) is 0. The fourth-order valence-electron chi connectivity index (χ4n) is 8.21. The van der Waals surface area contributed by atoms with E-state index in [1.54, 1.807) is 0 Å². The van der Waals surface area contributed by atoms with Crippen LogP contribution in [0.2, 0.25) is 0 Å². The molecule has 0 fully saturated rings. The van der Waals surface area contributed by atoms with Crippen LogP contribution in [-0.2, 0) is 0 Å². The van der Waals surface area contributed by atoms with Gasteiger partial charge in [0, 0.05) is 16.8 Å². The van der Waals surface area contributed by atoms with Crippen LogP contribution in [0.4, 0.5) is 17.1 Å². The Balaban J connectivity index is 1.14. The van der Waals surface area contributed by atoms with Crippen LogP contribution in [0.5, 0.6) is 0 Å². The van der Waals surface area contributed by atoms with Gasteiger partial charge in [0.25, 0.3) is 0 Å². The zero-order valence-electron chi connectivity index (χ0n) is 32.6. The number of rotatable bonds is 9. The van der Waals surface area contributed by atoms with E-state index in [0.717, 1.165) is 44.9 Å². The van der Waals surface area contributed by atoms with E-state index in [9.17, 15) is 0 Å². The average molecular weight is 752 g/mol. The number of fused-ring (bicyclic) bond motifs is 1. The number of para-hydroxylation sites is 1. The molecule has 0 radical (unpaired) electrons. The molecule has 0 unspecified atom stereocenters. The molecule has 10 aromatic rings. The minimum absolute atomic E-state index is 1.08. The molecule has 0 aliphatic rings. The van der Waals surface area contributed by atoms with Crippen molar-refractivity contribution in [2.24, 2.45) is 0 Å². The maximum atomic E-state index is 2.45. The lowest BCUT2D eigenvalue weighted by Crippen LogP contribution is -2.12. The SMILES string of the molecule is c1ccc(-c2ccc(-c3ccc(N(c4ccccc4-c4ccc(-c5ccccc5)cc4)c4cc(-c5ccc6ccccc6c5)ccc4-c4ccccc4)cc3)cc2)cc1. The smallest absolute Gasteiger partial charge is 0.0546 e. The summed E-state index contributed by atoms with van der Waals surface area (Å²) < 4.78 is 0. The monoisotopic (exact) mass is 751 g/mol. The van der Waals surface area contributed by atoms with Crippen molar-refractivity contribution in [3.63, 3.8) is 0 Å². The molecule has 0 aliphatic heterocycles. The first kappa shape index (κ1) is 35.7. The first-order valence-electron chi connectivity index (χ1n) is 20.2. The number of hydrogen-bond acceptors (Lipinski definition) is 1. The first-order valence-corrected chi connectivity index (χ1v) is 20.2. The second-order valence-electron chi connectivity index (χ2n) is 14.9. The standard InChI is InChI=1S/C58H41N/c1-4-14-42(15-5-1)45-24-26-47(27-25-45)48-34-37-54(38-35-48)59(57-23-13-12-22-55(57)50-31-28-46(29-32-50)43-16-6-2-7-17-43)58-41-53(36-39-56(58)49-19-8-3-9-20-49)52-33-30-44-18-10-11-21-51(44)40-52/h1-41H. The molecule has 0 atom stereocenters. The summed E-state index contributed by atoms with van der Waals surface area (Å²) in [5, 5.41) is 2.47. The molecule has 59 heavy (non-hydrogen) atoms. The quantitative estimate of drug-likeness (QED) is 0.142. The fourth-order valence-corrected chi connectivity index (χ4v) is 8.21. The lowest BCUT2D eigenvalue weighted by molar-refractivity contribution is 1.28. The average Bonchev–Trinajstić information content (AvgIpc) is 3.33. The predicted octanol–water partition coefficient (Wildman–Crippen LogP) is 16.3. The predicted molar refractivity (Wildman–Crippen MR) is 251 cm³/mol. The van der Waals surface area contributed by atoms with Gasteiger partial charge in [0.2, 0.25) is 0 Å². The third kappa shape index (κ3) is 7.34. The normalized spacial score (nSPS) is 11.1. The van der Waals surface area contributed by atoms with Gasteiger partial charge in [-0.2, -0.15) is 0 Å². The number of nitrogens with zero attached hydrogens (tertiary/aromatic N) is 1. The Labute approximate surface area is 346 Å². The van der Waals surface area contributed by atoms with Crippen molar-refractivity contribution in [3.8, 4) is 66.8 Å². The van der Waals surface area contributed by atoms with Gasteiger partial charge in [-0.3, -0.25) is 0 Å². The van der Waals surface area contributed by atoms with E-state index in [4.69, 9.17) is 0 Å². The summed E-state index contributed by atoms with van der Waals surface area (Å²) in [6.07, 6.45) is 0. The van der Waals surface area contributed by atoms with E-state index in [0.29, 0.717) is 0 Å². The second-order valence-corrected chi connectivity index (χ2v) is 14.9. The van der Waals surface area contributed by atoms with Gasteiger partial charge in [0.05, 0.1) is 11.4 Å². The van der Waals surface area contributed by atoms with Crippen LogP contribution in [0.1, 0.15) is 0 Å². The maximum absolute atomic E-state index is 2.45. The third-order valence-corrected chi connectivity index (χ3v) is 11.3. The largest absolute Gasteiger partial charge is 0.309 e. The summed E-state index contributed by atoms with van der Waals surface area (Å²) in [4.78, 5) is 2.45. The molecule has 10 rings (SSSR count). The fraction of sp³-hybridized carbons (Fsp3) is 0. The molecule has 0 aliphatic carbocycles. The van der Waals surface area contributed by atoms with E-state index >= 15 is 0 Å². The summed E-state index contributed by atoms with van der Waals surface area (Å²) >= 11 is 0. The molecule has 0 saturated heterocycles. The lowest BCUT2D eigenvalue weighted by Gasteiger charge is -2.30. The van der Waals surface area contributed by atoms with Gasteiger partial charge in [-0.25, -0.2) is 0 Å². The Hall–Kier alpha value is -7.74. The van der Waals surface area contributed by atoms with Crippen LogP contribution < -0.4 is 4.90 Å². The van der Waals surface area contributed by atoms with Crippen LogP contribution in [0.3, 0.4) is 0 Å². The number of hydrogen-bond donors (Lipinski definition) is 0. The Morgan fingerprint density at radius 3 is 1.17 bits per heavy atom. The maximum Gasteiger partial charge on any atom is 0.0546 e. The van der Waals surface area contributed by atoms with Crippen molar-refractivity contribution in [3.05, 3.63) is 249 Å². The van der Waals surface area contributed by atoms with Crippen molar-refractivity contribution in [1.82, 2.24) is 0 Å². The molecule has 0 spiro atoms. The summed E-state index contributed by atoms with van der Waals surface area (Å²) in [5.74, 6) is 0. The molecular weight excluding hydrogens is 711 g/mol. The summed E-state index contributed by atoms with van der Waals surface area (Å²) in [6.45, 7) is 0. The highest BCUT2D eigenvalue weighted by Gasteiger charge is 2.22. The van der Waals surface area contributed by atoms with Crippen LogP contribution >= 0.6 is 0 Å². The van der Waals surface area contributed by atoms with Gasteiger partial charge in [-0.05, 0) is 96.7 Å². The topological polar surface area (TPSA) is 3.24 Å². The molecular formula is C58H41N. The second kappa shape index (κ2) is 16.0. The number of anilines is 3. The van der Waals surface area contributed by atoms with Crippen molar-refractivity contribution < 1.29 is 0 Å². The molecule has 1 nitrogen and oxygen atoms in total. The molecule has 0 bridgehead atoms. The highest BCUT2D eigenvalue weighted by molar-refractivity contribution is 5.96. The Kier molecular flexibility index (Phi) is 9.68. The molecule has 1 heteroatoms. The Bertz CT molecular complexity index is 2990. The van der Waals surface area contributed by atoms with Gasteiger partial charge >= 0.3 is 0 Å². The minimum Gasteiger partial charge on any atom is -0.309 e. The molecule has 0 saturated carbocycles. The highest BCUT2D eigenvalue weighted by Crippen LogP contribution is 2.46. The molecule has 0 heterocycles. The lowest BCUT2D eigenvalue weighted by atomic mass is 9.94. The molecule has 10 aromatic carbocycles. The van der Waals surface area contributed by atoms with Crippen LogP contribution in [0, 0.1) is 0 Å². The van der Waals surface area contributed by atoms with Gasteiger partial charge in [0.1, 0.15) is 0 Å². The van der Waals surface area contributed by atoms with Gasteiger partial charge < -0.3 is 4.90 Å². The minimum atomic E-state index is 1.08. The van der Waals surface area contributed by atoms with E-state index in [1.807, 2.05) is 0 Å². The van der Waals surface area contributed by atoms with E-state index < -0.39 is 0 Å². The molecule has 0 aromatic heterocycles. The summed E-state index contributed by atoms with van der Waals surface area (Å²) in [6, 6.07) is 89.9. The number of benzene rings is 10. The van der Waals surface area contributed by atoms with Crippen molar-refractivity contribution in [2.75, 3.05) is 4.90 Å². The van der Waals surface area contributed by atoms with Gasteiger partial charge in [-0.1, -0.05) is 218 Å². The van der Waals surface area contributed by atoms with E-state index in [2.05, 4.69) is 254 Å². The summed E-state index contributed by atoms with van der Waals surface area (Å²) in [5.41, 5.74) is 17.5. The van der Waals surface area contributed by atoms with Crippen LogP contribution in [0.15, 0.2) is 249 Å². The van der Waals surface area contributed by atoms with Crippen LogP contribution in [-0.4, -0.2) is 0 Å². The Morgan fingerprint density at radius 1 is 0.203 bits per heavy atom. The Morgan fingerprint density at radius 2 is 0.576 bits per heavy atom. The zero-order chi connectivity index (χ0) is 39.4. The van der Waals surface area contributed by atoms with E-state index in [-0.39, 0.29) is 0 Å². The van der Waals surface area contributed by atoms with Crippen molar-refractivity contribution in [1.29, 1.82) is 0 Å². The van der Waals surface area contributed by atoms with Gasteiger partial charge in [-0.15, -0.1) is 0 Å². The molecule has 0 amide bonds. The van der Waals surface area contributed by atoms with E-state index in [1.165, 1.54) is 49.7 Å². The molecule has 278 valence electrons. The zero-order valence-corrected chi connectivity index (χ0v) is 32.6. The third-order valence-electron chi connectivity index (χ3n) is 11.3. The highest BCUT2D eigenvalue weighted by atomic mass is 15.1.